The van der Waals surface area contributed by atoms with Crippen LogP contribution in [0.25, 0.3) is 0 Å². The van der Waals surface area contributed by atoms with Crippen molar-refractivity contribution in [1.82, 2.24) is 5.32 Å². The lowest BCUT2D eigenvalue weighted by molar-refractivity contribution is -0.118. The van der Waals surface area contributed by atoms with Gasteiger partial charge in [0.25, 0.3) is 0 Å². The zero-order valence-corrected chi connectivity index (χ0v) is 11.1. The number of rotatable bonds is 3. The molecule has 0 saturated carbocycles. The number of aryl methyl sites for hydroxylation is 1. The fourth-order valence-electron chi connectivity index (χ4n) is 2.34. The Morgan fingerprint density at radius 3 is 2.74 bits per heavy atom. The van der Waals surface area contributed by atoms with Crippen LogP contribution in [0.15, 0.2) is 18.2 Å². The second-order valence-corrected chi connectivity index (χ2v) is 5.02. The fourth-order valence-corrected chi connectivity index (χ4v) is 2.34. The number of carboxylic acid groups (broad SMARTS) is 1. The van der Waals surface area contributed by atoms with Crippen molar-refractivity contribution >= 4 is 17.6 Å². The molecule has 1 aliphatic rings. The van der Waals surface area contributed by atoms with E-state index in [1.807, 2.05) is 6.92 Å². The number of anilines is 1. The molecule has 19 heavy (non-hydrogen) atoms. The number of benzene rings is 1. The number of hydrogen-bond donors (Lipinski definition) is 3. The van der Waals surface area contributed by atoms with Crippen molar-refractivity contribution in [1.29, 1.82) is 0 Å². The molecule has 0 bridgehead atoms. The highest BCUT2D eigenvalue weighted by Gasteiger charge is 2.29. The van der Waals surface area contributed by atoms with Crippen molar-refractivity contribution in [2.45, 2.75) is 26.3 Å². The molecular formula is C14H18N2O3. The quantitative estimate of drug-likeness (QED) is 0.773. The Hall–Kier alpha value is -1.88. The van der Waals surface area contributed by atoms with Gasteiger partial charge in [-0.25, -0.2) is 4.79 Å². The van der Waals surface area contributed by atoms with Gasteiger partial charge in [-0.05, 0) is 43.5 Å². The van der Waals surface area contributed by atoms with Crippen LogP contribution in [0.3, 0.4) is 0 Å². The Bertz CT molecular complexity index is 513. The summed E-state index contributed by atoms with van der Waals surface area (Å²) < 4.78 is 0. The third kappa shape index (κ3) is 2.93. The van der Waals surface area contributed by atoms with Crippen LogP contribution >= 0.6 is 0 Å². The molecular weight excluding hydrogens is 244 g/mol. The maximum atomic E-state index is 12.1. The Kier molecular flexibility index (Phi) is 3.85. The molecule has 0 spiro atoms. The van der Waals surface area contributed by atoms with Crippen molar-refractivity contribution in [2.75, 3.05) is 11.9 Å². The van der Waals surface area contributed by atoms with Gasteiger partial charge >= 0.3 is 5.97 Å². The summed E-state index contributed by atoms with van der Waals surface area (Å²) in [5.41, 5.74) is 1.41. The van der Waals surface area contributed by atoms with Crippen LogP contribution in [0.2, 0.25) is 0 Å². The molecule has 1 amide bonds. The molecule has 1 saturated heterocycles. The molecule has 5 heteroatoms. The molecule has 5 nitrogen and oxygen atoms in total. The van der Waals surface area contributed by atoms with E-state index < -0.39 is 5.97 Å². The molecule has 1 heterocycles. The molecule has 0 aromatic heterocycles. The van der Waals surface area contributed by atoms with Gasteiger partial charge in [0.2, 0.25) is 5.91 Å². The van der Waals surface area contributed by atoms with Crippen LogP contribution in [-0.2, 0) is 4.79 Å². The van der Waals surface area contributed by atoms with E-state index in [2.05, 4.69) is 10.6 Å². The first kappa shape index (κ1) is 13.5. The highest BCUT2D eigenvalue weighted by Crippen LogP contribution is 2.19. The Labute approximate surface area is 112 Å². The molecule has 1 aliphatic heterocycles. The number of hydrogen-bond acceptors (Lipinski definition) is 3. The molecule has 0 aliphatic carbocycles. The van der Waals surface area contributed by atoms with Crippen LogP contribution in [0.1, 0.15) is 29.3 Å². The lowest BCUT2D eigenvalue weighted by atomic mass is 10.0. The molecule has 2 atom stereocenters. The number of carbonyl (C=O) groups excluding carboxylic acids is 1. The van der Waals surface area contributed by atoms with Crippen LogP contribution < -0.4 is 10.6 Å². The third-order valence-electron chi connectivity index (χ3n) is 3.55. The van der Waals surface area contributed by atoms with Gasteiger partial charge < -0.3 is 15.7 Å². The lowest BCUT2D eigenvalue weighted by Gasteiger charge is -2.16. The topological polar surface area (TPSA) is 78.4 Å². The molecule has 1 aromatic carbocycles. The van der Waals surface area contributed by atoms with E-state index in [9.17, 15) is 9.59 Å². The van der Waals surface area contributed by atoms with E-state index in [0.29, 0.717) is 17.2 Å². The first-order chi connectivity index (χ1) is 8.99. The summed E-state index contributed by atoms with van der Waals surface area (Å²) in [7, 11) is 0. The van der Waals surface area contributed by atoms with E-state index in [-0.39, 0.29) is 17.5 Å². The Morgan fingerprint density at radius 1 is 1.42 bits per heavy atom. The first-order valence-corrected chi connectivity index (χ1v) is 6.37. The van der Waals surface area contributed by atoms with Gasteiger partial charge in [0.05, 0.1) is 11.6 Å². The molecule has 102 valence electrons. The van der Waals surface area contributed by atoms with E-state index in [0.717, 1.165) is 13.0 Å². The van der Waals surface area contributed by atoms with Crippen LogP contribution in [0.4, 0.5) is 5.69 Å². The average Bonchev–Trinajstić information content (AvgIpc) is 2.77. The standard InChI is InChI=1S/C14H18N2O3/c1-8-3-4-10(7-11(8)14(18)19)16-13(17)12-9(2)5-6-15-12/h3-4,7,9,12,15H,5-6H2,1-2H3,(H,16,17)(H,18,19). The molecule has 0 radical (unpaired) electrons. The molecule has 1 fully saturated rings. The van der Waals surface area contributed by atoms with Crippen molar-refractivity contribution in [2.24, 2.45) is 5.92 Å². The summed E-state index contributed by atoms with van der Waals surface area (Å²) >= 11 is 0. The van der Waals surface area contributed by atoms with Gasteiger partial charge in [-0.2, -0.15) is 0 Å². The summed E-state index contributed by atoms with van der Waals surface area (Å²) in [6, 6.07) is 4.72. The van der Waals surface area contributed by atoms with Crippen LogP contribution in [0, 0.1) is 12.8 Å². The summed E-state index contributed by atoms with van der Waals surface area (Å²) in [4.78, 5) is 23.1. The molecule has 2 rings (SSSR count). The SMILES string of the molecule is Cc1ccc(NC(=O)C2NCCC2C)cc1C(=O)O. The van der Waals surface area contributed by atoms with Gasteiger partial charge in [0, 0.05) is 5.69 Å². The summed E-state index contributed by atoms with van der Waals surface area (Å²) in [6.45, 7) is 4.60. The zero-order valence-electron chi connectivity index (χ0n) is 11.1. The summed E-state index contributed by atoms with van der Waals surface area (Å²) in [5.74, 6) is -0.796. The second kappa shape index (κ2) is 5.40. The minimum Gasteiger partial charge on any atom is -0.478 e. The average molecular weight is 262 g/mol. The number of nitrogens with one attached hydrogen (secondary N) is 2. The third-order valence-corrected chi connectivity index (χ3v) is 3.55. The van der Waals surface area contributed by atoms with Crippen molar-refractivity contribution in [3.05, 3.63) is 29.3 Å². The van der Waals surface area contributed by atoms with Gasteiger partial charge in [-0.1, -0.05) is 13.0 Å². The van der Waals surface area contributed by atoms with Gasteiger partial charge in [-0.3, -0.25) is 4.79 Å². The van der Waals surface area contributed by atoms with Crippen molar-refractivity contribution < 1.29 is 14.7 Å². The predicted molar refractivity (Wildman–Crippen MR) is 72.3 cm³/mol. The first-order valence-electron chi connectivity index (χ1n) is 6.37. The van der Waals surface area contributed by atoms with Crippen LogP contribution in [-0.4, -0.2) is 29.6 Å². The van der Waals surface area contributed by atoms with Gasteiger partial charge in [-0.15, -0.1) is 0 Å². The monoisotopic (exact) mass is 262 g/mol. The van der Waals surface area contributed by atoms with Crippen LogP contribution in [0.5, 0.6) is 0 Å². The fraction of sp³-hybridized carbons (Fsp3) is 0.429. The van der Waals surface area contributed by atoms with E-state index in [1.54, 1.807) is 19.1 Å². The number of amides is 1. The number of carboxylic acids is 1. The molecule has 2 unspecified atom stereocenters. The zero-order chi connectivity index (χ0) is 14.0. The van der Waals surface area contributed by atoms with E-state index in [1.165, 1.54) is 6.07 Å². The number of carbonyl (C=O) groups is 2. The van der Waals surface area contributed by atoms with Gasteiger partial charge in [0.1, 0.15) is 0 Å². The van der Waals surface area contributed by atoms with Crippen molar-refractivity contribution in [3.8, 4) is 0 Å². The number of aromatic carboxylic acids is 1. The van der Waals surface area contributed by atoms with Gasteiger partial charge in [0.15, 0.2) is 0 Å². The Balaban J connectivity index is 2.13. The maximum Gasteiger partial charge on any atom is 0.336 e. The smallest absolute Gasteiger partial charge is 0.336 e. The van der Waals surface area contributed by atoms with E-state index >= 15 is 0 Å². The minimum absolute atomic E-state index is 0.106. The largest absolute Gasteiger partial charge is 0.478 e. The highest BCUT2D eigenvalue weighted by molar-refractivity contribution is 5.97. The predicted octanol–water partition coefficient (Wildman–Crippen LogP) is 1.63. The summed E-state index contributed by atoms with van der Waals surface area (Å²) in [5, 5.41) is 15.0. The lowest BCUT2D eigenvalue weighted by Crippen LogP contribution is -2.39. The van der Waals surface area contributed by atoms with Crippen molar-refractivity contribution in [3.63, 3.8) is 0 Å². The second-order valence-electron chi connectivity index (χ2n) is 5.02. The minimum atomic E-state index is -0.985. The Morgan fingerprint density at radius 2 is 2.16 bits per heavy atom. The normalized spacial score (nSPS) is 22.2. The molecule has 3 N–H and O–H groups in total. The maximum absolute atomic E-state index is 12.1. The van der Waals surface area contributed by atoms with E-state index in [4.69, 9.17) is 5.11 Å². The summed E-state index contributed by atoms with van der Waals surface area (Å²) in [6.07, 6.45) is 0.979. The molecule has 1 aromatic rings. The highest BCUT2D eigenvalue weighted by atomic mass is 16.4.